The zero-order valence-electron chi connectivity index (χ0n) is 17.3. The van der Waals surface area contributed by atoms with Gasteiger partial charge < -0.3 is 14.5 Å². The number of oxazole rings is 1. The van der Waals surface area contributed by atoms with Crippen LogP contribution in [0, 0.1) is 11.6 Å². The quantitative estimate of drug-likeness (QED) is 0.499. The number of carbonyl (C=O) groups excluding carboxylic acids is 1. The van der Waals surface area contributed by atoms with Crippen molar-refractivity contribution in [1.29, 1.82) is 0 Å². The summed E-state index contributed by atoms with van der Waals surface area (Å²) in [5.74, 6) is -2.14. The highest BCUT2D eigenvalue weighted by atomic mass is 32.2. The maximum Gasteiger partial charge on any atom is 0.399 e. The van der Waals surface area contributed by atoms with E-state index in [2.05, 4.69) is 10.3 Å². The Hall–Kier alpha value is -3.47. The second kappa shape index (κ2) is 9.77. The normalized spacial score (nSPS) is 11.2. The van der Waals surface area contributed by atoms with Gasteiger partial charge in [0.2, 0.25) is 10.0 Å². The van der Waals surface area contributed by atoms with E-state index in [1.807, 2.05) is 25.1 Å². The molecule has 0 saturated carbocycles. The summed E-state index contributed by atoms with van der Waals surface area (Å²) in [6.07, 6.45) is 2.77. The summed E-state index contributed by atoms with van der Waals surface area (Å²) < 4.78 is 62.9. The first-order valence-corrected chi connectivity index (χ1v) is 11.5. The third-order valence-corrected chi connectivity index (χ3v) is 4.89. The number of nitrogens with one attached hydrogen (secondary N) is 2. The number of hydrogen-bond donors (Lipinski definition) is 2. The first-order chi connectivity index (χ1) is 15.1. The molecule has 1 heterocycles. The van der Waals surface area contributed by atoms with Crippen LogP contribution in [0.3, 0.4) is 0 Å². The predicted molar refractivity (Wildman–Crippen MR) is 113 cm³/mol. The first-order valence-electron chi connectivity index (χ1n) is 9.61. The maximum atomic E-state index is 14.0. The fourth-order valence-corrected chi connectivity index (χ4v) is 3.37. The van der Waals surface area contributed by atoms with Gasteiger partial charge in [-0.3, -0.25) is 9.52 Å². The molecular formula is C21H21F2N3O5S. The average Bonchev–Trinajstić information content (AvgIpc) is 3.19. The topological polar surface area (TPSA) is 111 Å². The summed E-state index contributed by atoms with van der Waals surface area (Å²) in [6, 6.07) is 9.34. The highest BCUT2D eigenvalue weighted by Crippen LogP contribution is 2.23. The molecule has 0 radical (unpaired) electrons. The Morgan fingerprint density at radius 3 is 2.53 bits per heavy atom. The van der Waals surface area contributed by atoms with Gasteiger partial charge in [0.1, 0.15) is 17.7 Å². The molecule has 0 unspecified atom stereocenters. The molecule has 1 aromatic heterocycles. The lowest BCUT2D eigenvalue weighted by atomic mass is 10.1. The van der Waals surface area contributed by atoms with Gasteiger partial charge in [-0.05, 0) is 48.2 Å². The summed E-state index contributed by atoms with van der Waals surface area (Å²) in [7, 11) is -3.83. The number of rotatable bonds is 9. The number of aromatic nitrogens is 1. The van der Waals surface area contributed by atoms with Crippen molar-refractivity contribution in [2.75, 3.05) is 17.5 Å². The highest BCUT2D eigenvalue weighted by molar-refractivity contribution is 7.92. The van der Waals surface area contributed by atoms with Crippen molar-refractivity contribution in [3.05, 3.63) is 71.1 Å². The van der Waals surface area contributed by atoms with Crippen molar-refractivity contribution in [3.8, 4) is 11.8 Å². The predicted octanol–water partition coefficient (Wildman–Crippen LogP) is 3.65. The third kappa shape index (κ3) is 6.27. The van der Waals surface area contributed by atoms with Crippen LogP contribution in [-0.2, 0) is 22.9 Å². The van der Waals surface area contributed by atoms with Gasteiger partial charge >= 0.3 is 6.08 Å². The number of halogens is 2. The minimum atomic E-state index is -3.83. The van der Waals surface area contributed by atoms with Crippen LogP contribution in [-0.4, -0.2) is 32.1 Å². The monoisotopic (exact) mass is 465 g/mol. The number of nitrogens with zero attached hydrogens (tertiary/aromatic N) is 1. The van der Waals surface area contributed by atoms with Gasteiger partial charge in [-0.15, -0.1) is 0 Å². The molecule has 0 saturated heterocycles. The van der Waals surface area contributed by atoms with Gasteiger partial charge in [-0.1, -0.05) is 19.1 Å². The standard InChI is InChI=1S/C21H21F2N3O5S/c1-3-13-5-4-6-15(9-13)31-21-25-18(12-30-21)20(27)24-8-7-14-10-16(22)19(17(23)11-14)26-32(2,28)29/h4-6,9-12,26H,3,7-8H2,1-2H3,(H,24,27). The second-order valence-corrected chi connectivity index (χ2v) is 8.66. The van der Waals surface area contributed by atoms with Gasteiger partial charge in [0.15, 0.2) is 17.3 Å². The number of anilines is 1. The Morgan fingerprint density at radius 1 is 1.16 bits per heavy atom. The lowest BCUT2D eigenvalue weighted by Gasteiger charge is -2.09. The van der Waals surface area contributed by atoms with Crippen LogP contribution >= 0.6 is 0 Å². The second-order valence-electron chi connectivity index (χ2n) is 6.92. The van der Waals surface area contributed by atoms with E-state index in [0.717, 1.165) is 36.6 Å². The smallest absolute Gasteiger partial charge is 0.399 e. The third-order valence-electron chi connectivity index (χ3n) is 4.32. The molecule has 0 bridgehead atoms. The van der Waals surface area contributed by atoms with Gasteiger partial charge in [-0.2, -0.15) is 4.98 Å². The number of hydrogen-bond acceptors (Lipinski definition) is 6. The zero-order chi connectivity index (χ0) is 23.3. The molecule has 3 rings (SSSR count). The Morgan fingerprint density at radius 2 is 1.88 bits per heavy atom. The van der Waals surface area contributed by atoms with Gasteiger partial charge in [0, 0.05) is 6.54 Å². The minimum absolute atomic E-state index is 0.0169. The maximum absolute atomic E-state index is 14.0. The lowest BCUT2D eigenvalue weighted by molar-refractivity contribution is 0.0949. The van der Waals surface area contributed by atoms with Crippen LogP contribution in [0.15, 0.2) is 47.1 Å². The SMILES string of the molecule is CCc1cccc(Oc2nc(C(=O)NCCc3cc(F)c(NS(C)(=O)=O)c(F)c3)co2)c1. The van der Waals surface area contributed by atoms with Crippen molar-refractivity contribution < 1.29 is 31.1 Å². The van der Waals surface area contributed by atoms with Crippen LogP contribution in [0.5, 0.6) is 11.8 Å². The summed E-state index contributed by atoms with van der Waals surface area (Å²) in [6.45, 7) is 2.06. The molecule has 0 spiro atoms. The number of carbonyl (C=O) groups is 1. The molecule has 11 heteroatoms. The van der Waals surface area contributed by atoms with Crippen molar-refractivity contribution in [2.45, 2.75) is 19.8 Å². The molecule has 0 fully saturated rings. The number of ether oxygens (including phenoxy) is 1. The van der Waals surface area contributed by atoms with E-state index < -0.39 is 33.3 Å². The fourth-order valence-electron chi connectivity index (χ4n) is 2.80. The summed E-state index contributed by atoms with van der Waals surface area (Å²) in [5, 5.41) is 2.56. The molecule has 170 valence electrons. The van der Waals surface area contributed by atoms with Gasteiger partial charge in [0.25, 0.3) is 5.91 Å². The van der Waals surface area contributed by atoms with Crippen molar-refractivity contribution in [3.63, 3.8) is 0 Å². The molecule has 8 nitrogen and oxygen atoms in total. The number of amides is 1. The van der Waals surface area contributed by atoms with E-state index >= 15 is 0 Å². The molecule has 2 aromatic carbocycles. The van der Waals surface area contributed by atoms with Gasteiger partial charge in [-0.25, -0.2) is 17.2 Å². The van der Waals surface area contributed by atoms with Crippen LogP contribution in [0.4, 0.5) is 14.5 Å². The lowest BCUT2D eigenvalue weighted by Crippen LogP contribution is -2.26. The van der Waals surface area contributed by atoms with Gasteiger partial charge in [0.05, 0.1) is 6.26 Å². The summed E-state index contributed by atoms with van der Waals surface area (Å²) in [5.41, 5.74) is 0.538. The van der Waals surface area contributed by atoms with Crippen LogP contribution in [0.25, 0.3) is 0 Å². The van der Waals surface area contributed by atoms with E-state index in [1.165, 1.54) is 0 Å². The molecule has 1 amide bonds. The van der Waals surface area contributed by atoms with Crippen LogP contribution in [0.2, 0.25) is 0 Å². The Labute approximate surface area is 183 Å². The van der Waals surface area contributed by atoms with Crippen LogP contribution < -0.4 is 14.8 Å². The molecule has 0 aliphatic rings. The van der Waals surface area contributed by atoms with E-state index in [1.54, 1.807) is 10.8 Å². The molecule has 0 atom stereocenters. The molecule has 0 aliphatic heterocycles. The molecule has 0 aliphatic carbocycles. The minimum Gasteiger partial charge on any atom is -0.416 e. The Balaban J connectivity index is 1.56. The number of benzene rings is 2. The van der Waals surface area contributed by atoms with Crippen molar-refractivity contribution >= 4 is 21.6 Å². The largest absolute Gasteiger partial charge is 0.416 e. The van der Waals surface area contributed by atoms with E-state index in [-0.39, 0.29) is 30.3 Å². The molecule has 2 N–H and O–H groups in total. The summed E-state index contributed by atoms with van der Waals surface area (Å²) >= 11 is 0. The molecule has 32 heavy (non-hydrogen) atoms. The summed E-state index contributed by atoms with van der Waals surface area (Å²) in [4.78, 5) is 16.2. The average molecular weight is 465 g/mol. The van der Waals surface area contributed by atoms with E-state index in [0.29, 0.717) is 5.75 Å². The highest BCUT2D eigenvalue weighted by Gasteiger charge is 2.16. The Bertz CT molecular complexity index is 1200. The van der Waals surface area contributed by atoms with E-state index in [4.69, 9.17) is 9.15 Å². The first kappa shape index (κ1) is 23.2. The zero-order valence-corrected chi connectivity index (χ0v) is 18.1. The van der Waals surface area contributed by atoms with Crippen LogP contribution in [0.1, 0.15) is 28.5 Å². The number of sulfonamides is 1. The van der Waals surface area contributed by atoms with E-state index in [9.17, 15) is 22.0 Å². The fraction of sp³-hybridized carbons (Fsp3) is 0.238. The Kier molecular flexibility index (Phi) is 7.08. The molecular weight excluding hydrogens is 444 g/mol. The number of aryl methyl sites for hydroxylation is 1. The molecule has 3 aromatic rings. The van der Waals surface area contributed by atoms with Crippen molar-refractivity contribution in [1.82, 2.24) is 10.3 Å². The van der Waals surface area contributed by atoms with Crippen molar-refractivity contribution in [2.24, 2.45) is 0 Å².